The number of hydrogen-bond acceptors (Lipinski definition) is 6. The molecule has 0 saturated carbocycles. The molecule has 29 heavy (non-hydrogen) atoms. The van der Waals surface area contributed by atoms with E-state index in [1.54, 1.807) is 0 Å². The first-order valence-corrected chi connectivity index (χ1v) is 24.6. The Bertz CT molecular complexity index is 561. The Hall–Kier alpha value is 0.199. The summed E-state index contributed by atoms with van der Waals surface area (Å²) < 4.78 is 30.9. The molecular weight excluding hydrogens is 451 g/mol. The van der Waals surface area contributed by atoms with Crippen molar-refractivity contribution in [3.8, 4) is 0 Å². The molecule has 0 fully saturated rings. The molecule has 3 unspecified atom stereocenters. The molecule has 168 valence electrons. The largest absolute Gasteiger partial charge is 0.462 e. The van der Waals surface area contributed by atoms with E-state index in [0.717, 1.165) is 0 Å². The average Bonchev–Trinajstić information content (AvgIpc) is 2.36. The van der Waals surface area contributed by atoms with E-state index in [1.807, 2.05) is 26.6 Å². The average molecular weight is 493 g/mol. The summed E-state index contributed by atoms with van der Waals surface area (Å²) in [6.45, 7) is 26.5. The van der Waals surface area contributed by atoms with Crippen LogP contribution in [0.3, 0.4) is 0 Å². The maximum Gasteiger partial charge on any atom is 0.330 e. The predicted octanol–water partition coefficient (Wildman–Crippen LogP) is 4.60. The minimum absolute atomic E-state index is 0.0939. The Balaban J connectivity index is 5.37. The zero-order chi connectivity index (χ0) is 23.3. The third-order valence-corrected chi connectivity index (χ3v) is 20.3. The van der Waals surface area contributed by atoms with Gasteiger partial charge in [0.15, 0.2) is 16.6 Å². The molecule has 0 amide bonds. The summed E-state index contributed by atoms with van der Waals surface area (Å²) in [6, 6.07) is 0.694. The van der Waals surface area contributed by atoms with Crippen LogP contribution in [0.1, 0.15) is 6.92 Å². The predicted molar refractivity (Wildman–Crippen MR) is 133 cm³/mol. The van der Waals surface area contributed by atoms with Crippen LogP contribution < -0.4 is 0 Å². The lowest BCUT2D eigenvalue weighted by atomic mass is 10.2. The van der Waals surface area contributed by atoms with Crippen molar-refractivity contribution in [3.05, 3.63) is 12.7 Å². The summed E-state index contributed by atoms with van der Waals surface area (Å²) in [5.41, 5.74) is 0. The van der Waals surface area contributed by atoms with Crippen LogP contribution in [0.5, 0.6) is 0 Å². The van der Waals surface area contributed by atoms with Gasteiger partial charge in [0, 0.05) is 6.08 Å². The van der Waals surface area contributed by atoms with E-state index in [2.05, 4.69) is 52.4 Å². The lowest BCUT2D eigenvalue weighted by Crippen LogP contribution is -2.60. The summed E-state index contributed by atoms with van der Waals surface area (Å²) in [4.78, 5) is 11.4. The van der Waals surface area contributed by atoms with Gasteiger partial charge in [-0.3, -0.25) is 0 Å². The Morgan fingerprint density at radius 1 is 0.897 bits per heavy atom. The first-order valence-electron chi connectivity index (χ1n) is 10.1. The molecule has 3 atom stereocenters. The van der Waals surface area contributed by atoms with E-state index in [4.69, 9.17) is 28.6 Å². The number of carbonyl (C=O) groups is 1. The summed E-state index contributed by atoms with van der Waals surface area (Å²) in [7, 11) is -5.33. The number of carbonyl (C=O) groups excluding carboxylic acids is 1. The van der Waals surface area contributed by atoms with Gasteiger partial charge in [-0.2, -0.15) is 0 Å². The highest BCUT2D eigenvalue weighted by Crippen LogP contribution is 2.29. The molecule has 0 rings (SSSR count). The lowest BCUT2D eigenvalue weighted by Gasteiger charge is -2.43. The van der Waals surface area contributed by atoms with Crippen LogP contribution in [0.2, 0.25) is 71.5 Å². The molecule has 0 aliphatic carbocycles. The van der Waals surface area contributed by atoms with E-state index in [0.29, 0.717) is 12.7 Å². The highest BCUT2D eigenvalue weighted by atomic mass is 28.5. The van der Waals surface area contributed by atoms with Gasteiger partial charge < -0.3 is 21.2 Å². The smallest absolute Gasteiger partial charge is 0.330 e. The Morgan fingerprint density at radius 2 is 1.38 bits per heavy atom. The van der Waals surface area contributed by atoms with Crippen LogP contribution in [0.25, 0.3) is 0 Å². The minimum atomic E-state index is -2.81. The second-order valence-corrected chi connectivity index (χ2v) is 29.5. The molecule has 0 saturated heterocycles. The Kier molecular flexibility index (Phi) is 10.8. The van der Waals surface area contributed by atoms with Crippen molar-refractivity contribution in [2.45, 2.75) is 78.4 Å². The quantitative estimate of drug-likeness (QED) is 0.213. The normalized spacial score (nSPS) is 18.4. The van der Waals surface area contributed by atoms with Crippen molar-refractivity contribution in [1.29, 1.82) is 0 Å². The third-order valence-electron chi connectivity index (χ3n) is 3.34. The van der Waals surface area contributed by atoms with Gasteiger partial charge in [0.2, 0.25) is 0 Å². The Labute approximate surface area is 185 Å². The highest BCUT2D eigenvalue weighted by molar-refractivity contribution is 7.14. The topological polar surface area (TPSA) is 63.2 Å². The maximum absolute atomic E-state index is 11.4. The molecule has 0 spiro atoms. The van der Waals surface area contributed by atoms with Crippen LogP contribution in [0.15, 0.2) is 12.7 Å². The van der Waals surface area contributed by atoms with Crippen molar-refractivity contribution in [2.75, 3.05) is 6.61 Å². The SMILES string of the molecule is [B][Si](C)(O[Si](C)(C)C)O[Si](C)(C)O[Si](C)(CC(C)COC(=O)C=C)O[Si](C)(C)C. The van der Waals surface area contributed by atoms with E-state index < -0.39 is 48.2 Å². The molecule has 0 aromatic carbocycles. The van der Waals surface area contributed by atoms with Gasteiger partial charge in [-0.05, 0) is 77.4 Å². The molecule has 0 aromatic rings. The van der Waals surface area contributed by atoms with Crippen LogP contribution in [0, 0.1) is 5.92 Å². The standard InChI is InChI=1S/C17H41BO6Si5/c1-13-17(19)20-14-16(2)15-28(11,21-25(3,4)5)23-27(9,10)24-29(12,18)22-26(6,7)8/h13,16H,1,14-15H2,2-12H3. The van der Waals surface area contributed by atoms with Crippen LogP contribution >= 0.6 is 0 Å². The van der Waals surface area contributed by atoms with Gasteiger partial charge in [0.1, 0.15) is 7.44 Å². The van der Waals surface area contributed by atoms with E-state index in [9.17, 15) is 4.79 Å². The van der Waals surface area contributed by atoms with Crippen molar-refractivity contribution >= 4 is 55.6 Å². The second kappa shape index (κ2) is 10.7. The number of hydrogen-bond donors (Lipinski definition) is 0. The molecule has 0 N–H and O–H groups in total. The van der Waals surface area contributed by atoms with Gasteiger partial charge in [-0.15, -0.1) is 0 Å². The van der Waals surface area contributed by atoms with Gasteiger partial charge in [-0.1, -0.05) is 13.5 Å². The third kappa shape index (κ3) is 14.8. The summed E-state index contributed by atoms with van der Waals surface area (Å²) >= 11 is 0. The van der Waals surface area contributed by atoms with Crippen molar-refractivity contribution < 1.29 is 26.0 Å². The van der Waals surface area contributed by atoms with Crippen molar-refractivity contribution in [3.63, 3.8) is 0 Å². The van der Waals surface area contributed by atoms with E-state index in [-0.39, 0.29) is 5.92 Å². The first-order chi connectivity index (χ1) is 12.7. The van der Waals surface area contributed by atoms with Crippen LogP contribution in [-0.4, -0.2) is 62.2 Å². The van der Waals surface area contributed by atoms with Gasteiger partial charge in [-0.25, -0.2) is 4.79 Å². The number of esters is 1. The van der Waals surface area contributed by atoms with Gasteiger partial charge >= 0.3 is 23.1 Å². The summed E-state index contributed by atoms with van der Waals surface area (Å²) in [6.07, 6.45) is 1.17. The molecule has 0 bridgehead atoms. The van der Waals surface area contributed by atoms with Crippen LogP contribution in [-0.2, 0) is 26.0 Å². The van der Waals surface area contributed by atoms with E-state index in [1.165, 1.54) is 6.08 Å². The zero-order valence-electron chi connectivity index (χ0n) is 20.3. The molecule has 0 aliphatic heterocycles. The molecule has 0 aliphatic rings. The van der Waals surface area contributed by atoms with Gasteiger partial charge in [0.05, 0.1) is 6.61 Å². The summed E-state index contributed by atoms with van der Waals surface area (Å²) in [5, 5.41) is 0. The molecule has 12 heteroatoms. The Morgan fingerprint density at radius 3 is 1.79 bits per heavy atom. The van der Waals surface area contributed by atoms with Gasteiger partial charge in [0.25, 0.3) is 8.43 Å². The van der Waals surface area contributed by atoms with Crippen molar-refractivity contribution in [2.24, 2.45) is 5.92 Å². The van der Waals surface area contributed by atoms with Crippen LogP contribution in [0.4, 0.5) is 0 Å². The zero-order valence-corrected chi connectivity index (χ0v) is 25.3. The lowest BCUT2D eigenvalue weighted by molar-refractivity contribution is -0.138. The minimum Gasteiger partial charge on any atom is -0.462 e. The second-order valence-electron chi connectivity index (χ2n) is 10.3. The molecular formula is C17H41BO6Si5. The van der Waals surface area contributed by atoms with Crippen molar-refractivity contribution in [1.82, 2.24) is 0 Å². The maximum atomic E-state index is 11.4. The number of ether oxygens (including phenoxy) is 1. The highest BCUT2D eigenvalue weighted by Gasteiger charge is 2.46. The monoisotopic (exact) mass is 492 g/mol. The first kappa shape index (κ1) is 29.2. The molecule has 6 nitrogen and oxygen atoms in total. The summed E-state index contributed by atoms with van der Waals surface area (Å²) in [5.74, 6) is -0.324. The fraction of sp³-hybridized carbons (Fsp3) is 0.824. The number of rotatable bonds is 13. The fourth-order valence-corrected chi connectivity index (χ4v) is 25.2. The molecule has 0 aromatic heterocycles. The fourth-order valence-electron chi connectivity index (χ4n) is 3.38. The molecule has 2 radical (unpaired) electrons. The molecule has 0 heterocycles. The van der Waals surface area contributed by atoms with E-state index >= 15 is 0 Å².